The van der Waals surface area contributed by atoms with E-state index in [1.54, 1.807) is 0 Å². The molecule has 1 heterocycles. The second-order valence-electron chi connectivity index (χ2n) is 3.49. The van der Waals surface area contributed by atoms with Crippen LogP contribution in [0.25, 0.3) is 11.4 Å². The molecule has 0 saturated heterocycles. The van der Waals surface area contributed by atoms with E-state index in [1.807, 2.05) is 0 Å². The Balaban J connectivity index is 2.67. The molecular formula is C11H4Cl2F4N2. The maximum Gasteiger partial charge on any atom is 0.417 e. The average molecular weight is 311 g/mol. The van der Waals surface area contributed by atoms with Gasteiger partial charge in [-0.25, -0.2) is 14.4 Å². The molecule has 19 heavy (non-hydrogen) atoms. The molecule has 0 spiro atoms. The molecule has 2 aromatic rings. The standard InChI is InChI=1S/C11H4Cl2F4N2/c12-8-7(14)9(13)19-10(18-8)5-3-1-2-4-6(5)11(15,16)17/h1-4H. The summed E-state index contributed by atoms with van der Waals surface area (Å²) < 4.78 is 51.6. The minimum absolute atomic E-state index is 0.321. The fourth-order valence-corrected chi connectivity index (χ4v) is 1.83. The third-order valence-corrected chi connectivity index (χ3v) is 2.74. The summed E-state index contributed by atoms with van der Waals surface area (Å²) in [5, 5.41) is -1.26. The molecule has 2 rings (SSSR count). The summed E-state index contributed by atoms with van der Waals surface area (Å²) in [7, 11) is 0. The van der Waals surface area contributed by atoms with Gasteiger partial charge in [-0.05, 0) is 6.07 Å². The van der Waals surface area contributed by atoms with Crippen LogP contribution in [0.3, 0.4) is 0 Å². The molecule has 0 atom stereocenters. The second-order valence-corrected chi connectivity index (χ2v) is 4.20. The highest BCUT2D eigenvalue weighted by Gasteiger charge is 2.34. The number of benzene rings is 1. The zero-order valence-electron chi connectivity index (χ0n) is 8.97. The normalized spacial score (nSPS) is 11.7. The minimum Gasteiger partial charge on any atom is -0.213 e. The van der Waals surface area contributed by atoms with E-state index < -0.39 is 27.9 Å². The maximum atomic E-state index is 13.1. The first-order chi connectivity index (χ1) is 8.80. The van der Waals surface area contributed by atoms with Crippen LogP contribution in [0.1, 0.15) is 5.56 Å². The molecule has 0 N–H and O–H groups in total. The molecule has 0 saturated carbocycles. The van der Waals surface area contributed by atoms with Crippen LogP contribution < -0.4 is 0 Å². The lowest BCUT2D eigenvalue weighted by atomic mass is 10.1. The van der Waals surface area contributed by atoms with E-state index in [1.165, 1.54) is 12.1 Å². The highest BCUT2D eigenvalue weighted by Crippen LogP contribution is 2.36. The van der Waals surface area contributed by atoms with Gasteiger partial charge in [0.15, 0.2) is 21.9 Å². The third-order valence-electron chi connectivity index (χ3n) is 2.24. The Kier molecular flexibility index (Phi) is 3.64. The Morgan fingerprint density at radius 2 is 1.47 bits per heavy atom. The lowest BCUT2D eigenvalue weighted by Gasteiger charge is -2.11. The van der Waals surface area contributed by atoms with Crippen LogP contribution >= 0.6 is 23.2 Å². The van der Waals surface area contributed by atoms with Crippen molar-refractivity contribution in [3.8, 4) is 11.4 Å². The lowest BCUT2D eigenvalue weighted by Crippen LogP contribution is -2.08. The number of aromatic nitrogens is 2. The Hall–Kier alpha value is -1.40. The van der Waals surface area contributed by atoms with Gasteiger partial charge in [0, 0.05) is 5.56 Å². The smallest absolute Gasteiger partial charge is 0.213 e. The van der Waals surface area contributed by atoms with E-state index in [0.29, 0.717) is 0 Å². The summed E-state index contributed by atoms with van der Waals surface area (Å²) in [4.78, 5) is 6.95. The molecule has 0 aliphatic heterocycles. The number of hydrogen-bond donors (Lipinski definition) is 0. The number of nitrogens with zero attached hydrogens (tertiary/aromatic N) is 2. The molecule has 0 aliphatic rings. The summed E-state index contributed by atoms with van der Waals surface area (Å²) >= 11 is 10.9. The topological polar surface area (TPSA) is 25.8 Å². The van der Waals surface area contributed by atoms with Gasteiger partial charge in [0.1, 0.15) is 0 Å². The Labute approximate surface area is 115 Å². The van der Waals surface area contributed by atoms with Crippen molar-refractivity contribution in [3.05, 3.63) is 46.0 Å². The van der Waals surface area contributed by atoms with Gasteiger partial charge in [-0.3, -0.25) is 0 Å². The van der Waals surface area contributed by atoms with Crippen LogP contribution in [0.5, 0.6) is 0 Å². The monoisotopic (exact) mass is 310 g/mol. The first-order valence-corrected chi connectivity index (χ1v) is 5.61. The van der Waals surface area contributed by atoms with Crippen LogP contribution in [0.2, 0.25) is 10.3 Å². The van der Waals surface area contributed by atoms with E-state index in [4.69, 9.17) is 23.2 Å². The van der Waals surface area contributed by atoms with Crippen molar-refractivity contribution in [3.63, 3.8) is 0 Å². The molecule has 100 valence electrons. The van der Waals surface area contributed by atoms with Crippen LogP contribution in [0.15, 0.2) is 24.3 Å². The molecule has 0 aliphatic carbocycles. The number of halogens is 6. The van der Waals surface area contributed by atoms with Crippen molar-refractivity contribution in [2.75, 3.05) is 0 Å². The fraction of sp³-hybridized carbons (Fsp3) is 0.0909. The maximum absolute atomic E-state index is 13.1. The number of hydrogen-bond acceptors (Lipinski definition) is 2. The van der Waals surface area contributed by atoms with Gasteiger partial charge in [0.2, 0.25) is 0 Å². The summed E-state index contributed by atoms with van der Waals surface area (Å²) in [6.07, 6.45) is -4.59. The van der Waals surface area contributed by atoms with E-state index >= 15 is 0 Å². The van der Waals surface area contributed by atoms with Crippen molar-refractivity contribution in [1.29, 1.82) is 0 Å². The predicted octanol–water partition coefficient (Wildman–Crippen LogP) is 4.61. The predicted molar refractivity (Wildman–Crippen MR) is 62.4 cm³/mol. The zero-order chi connectivity index (χ0) is 14.2. The Morgan fingerprint density at radius 3 is 2.00 bits per heavy atom. The zero-order valence-corrected chi connectivity index (χ0v) is 10.5. The van der Waals surface area contributed by atoms with Crippen molar-refractivity contribution in [2.45, 2.75) is 6.18 Å². The molecule has 0 bridgehead atoms. The molecule has 1 aromatic heterocycles. The Morgan fingerprint density at radius 1 is 0.947 bits per heavy atom. The molecule has 8 heteroatoms. The van der Waals surface area contributed by atoms with Crippen LogP contribution in [0, 0.1) is 5.82 Å². The van der Waals surface area contributed by atoms with E-state index in [0.717, 1.165) is 12.1 Å². The first-order valence-electron chi connectivity index (χ1n) is 4.86. The van der Waals surface area contributed by atoms with Crippen molar-refractivity contribution >= 4 is 23.2 Å². The van der Waals surface area contributed by atoms with E-state index in [9.17, 15) is 17.6 Å². The van der Waals surface area contributed by atoms with Crippen LogP contribution in [0.4, 0.5) is 17.6 Å². The molecule has 2 nitrogen and oxygen atoms in total. The molecule has 0 radical (unpaired) electrons. The summed E-state index contributed by atoms with van der Waals surface area (Å²) in [6, 6.07) is 4.62. The van der Waals surface area contributed by atoms with E-state index in [2.05, 4.69) is 9.97 Å². The summed E-state index contributed by atoms with van der Waals surface area (Å²) in [6.45, 7) is 0. The van der Waals surface area contributed by atoms with Gasteiger partial charge < -0.3 is 0 Å². The van der Waals surface area contributed by atoms with Crippen molar-refractivity contribution in [2.24, 2.45) is 0 Å². The van der Waals surface area contributed by atoms with E-state index in [-0.39, 0.29) is 11.4 Å². The van der Waals surface area contributed by atoms with Gasteiger partial charge >= 0.3 is 6.18 Å². The fourth-order valence-electron chi connectivity index (χ4n) is 1.44. The van der Waals surface area contributed by atoms with Gasteiger partial charge in [-0.1, -0.05) is 41.4 Å². The number of alkyl halides is 3. The molecule has 1 aromatic carbocycles. The van der Waals surface area contributed by atoms with Crippen molar-refractivity contribution in [1.82, 2.24) is 9.97 Å². The van der Waals surface area contributed by atoms with Crippen molar-refractivity contribution < 1.29 is 17.6 Å². The van der Waals surface area contributed by atoms with Gasteiger partial charge in [-0.15, -0.1) is 0 Å². The highest BCUT2D eigenvalue weighted by molar-refractivity contribution is 6.33. The van der Waals surface area contributed by atoms with Gasteiger partial charge in [-0.2, -0.15) is 13.2 Å². The van der Waals surface area contributed by atoms with Crippen LogP contribution in [-0.2, 0) is 6.18 Å². The minimum atomic E-state index is -4.59. The quantitative estimate of drug-likeness (QED) is 0.568. The molecule has 0 unspecified atom stereocenters. The van der Waals surface area contributed by atoms with Crippen LogP contribution in [-0.4, -0.2) is 9.97 Å². The molecule has 0 amide bonds. The Bertz CT molecular complexity index is 605. The van der Waals surface area contributed by atoms with Gasteiger partial charge in [0.05, 0.1) is 5.56 Å². The SMILES string of the molecule is Fc1c(Cl)nc(-c2ccccc2C(F)(F)F)nc1Cl. The largest absolute Gasteiger partial charge is 0.417 e. The lowest BCUT2D eigenvalue weighted by molar-refractivity contribution is -0.137. The highest BCUT2D eigenvalue weighted by atomic mass is 35.5. The number of rotatable bonds is 1. The molecular weight excluding hydrogens is 307 g/mol. The summed E-state index contributed by atoms with van der Waals surface area (Å²) in [5.41, 5.74) is -1.27. The second kappa shape index (κ2) is 4.94. The first kappa shape index (κ1) is 14.0. The average Bonchev–Trinajstić information content (AvgIpc) is 2.34. The van der Waals surface area contributed by atoms with Gasteiger partial charge in [0.25, 0.3) is 0 Å². The third kappa shape index (κ3) is 2.79. The molecule has 0 fully saturated rings. The summed E-state index contributed by atoms with van der Waals surface area (Å²) in [5.74, 6) is -1.46.